The van der Waals surface area contributed by atoms with E-state index >= 15 is 0 Å². The lowest BCUT2D eigenvalue weighted by atomic mass is 9.55. The Labute approximate surface area is 235 Å². The largest absolute Gasteiger partial charge is 0.150 e. The monoisotopic (exact) mass is 512 g/mol. The van der Waals surface area contributed by atoms with Gasteiger partial charge in [-0.05, 0) is 62.7 Å². The van der Waals surface area contributed by atoms with Crippen molar-refractivity contribution in [2.45, 2.75) is 24.7 Å². The quantitative estimate of drug-likeness (QED) is 0.231. The number of rotatable bonds is 2. The van der Waals surface area contributed by atoms with Crippen molar-refractivity contribution in [3.8, 4) is 33.6 Å². The van der Waals surface area contributed by atoms with Gasteiger partial charge in [0.15, 0.2) is 0 Å². The first-order valence-electron chi connectivity index (χ1n) is 13.9. The summed E-state index contributed by atoms with van der Waals surface area (Å²) in [6.45, 7) is 4.72. The summed E-state index contributed by atoms with van der Waals surface area (Å²) in [6, 6.07) is 48.3. The van der Waals surface area contributed by atoms with E-state index in [1.54, 1.807) is 0 Å². The molecule has 0 aliphatic heterocycles. The van der Waals surface area contributed by atoms with Crippen LogP contribution in [0.25, 0.3) is 33.6 Å². The van der Waals surface area contributed by atoms with Gasteiger partial charge in [-0.25, -0.2) is 0 Å². The third-order valence-corrected chi connectivity index (χ3v) is 9.08. The van der Waals surface area contributed by atoms with E-state index in [9.17, 15) is 0 Å². The maximum absolute atomic E-state index is 4.70. The lowest BCUT2D eigenvalue weighted by molar-refractivity contribution is 0.563. The Morgan fingerprint density at radius 2 is 0.900 bits per heavy atom. The number of fused-ring (bicyclic) bond motifs is 9. The zero-order chi connectivity index (χ0) is 26.9. The van der Waals surface area contributed by atoms with Crippen molar-refractivity contribution in [2.75, 3.05) is 0 Å². The highest BCUT2D eigenvalue weighted by molar-refractivity contribution is 5.90. The second kappa shape index (κ2) is 8.34. The van der Waals surface area contributed by atoms with Crippen LogP contribution < -0.4 is 0 Å². The molecule has 0 saturated heterocycles. The first-order chi connectivity index (χ1) is 19.6. The van der Waals surface area contributed by atoms with Gasteiger partial charge in [-0.1, -0.05) is 129 Å². The second-order valence-electron chi connectivity index (χ2n) is 11.4. The molecule has 40 heavy (non-hydrogen) atoms. The first kappa shape index (κ1) is 23.1. The fraction of sp³-hybridized carbons (Fsp3) is 0.105. The van der Waals surface area contributed by atoms with Crippen molar-refractivity contribution in [3.63, 3.8) is 0 Å². The number of hydrogen-bond donors (Lipinski definition) is 0. The predicted octanol–water partition coefficient (Wildman–Crippen LogP) is 8.81. The molecular weight excluding hydrogens is 484 g/mol. The van der Waals surface area contributed by atoms with Crippen molar-refractivity contribution >= 4 is 0 Å². The summed E-state index contributed by atoms with van der Waals surface area (Å²) in [4.78, 5) is 0. The Kier molecular flexibility index (Phi) is 4.82. The average Bonchev–Trinajstić information content (AvgIpc) is 3.31. The molecule has 190 valence electrons. The molecule has 0 N–H and O–H groups in total. The molecule has 0 bridgehead atoms. The van der Waals surface area contributed by atoms with E-state index in [0.717, 1.165) is 22.5 Å². The zero-order valence-electron chi connectivity index (χ0n) is 22.6. The molecule has 1 heterocycles. The molecular formula is C38H28N2. The van der Waals surface area contributed by atoms with Gasteiger partial charge in [-0.2, -0.15) is 0 Å². The van der Waals surface area contributed by atoms with Gasteiger partial charge in [-0.15, -0.1) is 10.2 Å². The van der Waals surface area contributed by atoms with Crippen molar-refractivity contribution < 1.29 is 0 Å². The molecule has 1 aromatic heterocycles. The van der Waals surface area contributed by atoms with Gasteiger partial charge in [0.25, 0.3) is 0 Å². The van der Waals surface area contributed by atoms with Crippen LogP contribution in [-0.2, 0) is 10.8 Å². The highest BCUT2D eigenvalue weighted by Crippen LogP contribution is 2.62. The van der Waals surface area contributed by atoms with E-state index in [1.807, 2.05) is 18.2 Å². The van der Waals surface area contributed by atoms with Crippen molar-refractivity contribution in [1.29, 1.82) is 0 Å². The highest BCUT2D eigenvalue weighted by Gasteiger charge is 2.53. The summed E-state index contributed by atoms with van der Waals surface area (Å²) >= 11 is 0. The summed E-state index contributed by atoms with van der Waals surface area (Å²) in [7, 11) is 0. The first-order valence-corrected chi connectivity index (χ1v) is 13.9. The molecule has 2 aliphatic carbocycles. The fourth-order valence-corrected chi connectivity index (χ4v) is 7.27. The van der Waals surface area contributed by atoms with Crippen LogP contribution in [0, 0.1) is 0 Å². The number of nitrogens with zero attached hydrogens (tertiary/aromatic N) is 2. The van der Waals surface area contributed by atoms with E-state index < -0.39 is 5.41 Å². The minimum absolute atomic E-state index is 0.105. The van der Waals surface area contributed by atoms with Crippen molar-refractivity contribution in [1.82, 2.24) is 10.2 Å². The summed E-state index contributed by atoms with van der Waals surface area (Å²) < 4.78 is 0. The Morgan fingerprint density at radius 1 is 0.400 bits per heavy atom. The van der Waals surface area contributed by atoms with Crippen molar-refractivity contribution in [2.24, 2.45) is 0 Å². The second-order valence-corrected chi connectivity index (χ2v) is 11.4. The maximum Gasteiger partial charge on any atom is 0.0930 e. The van der Waals surface area contributed by atoms with Gasteiger partial charge in [0.1, 0.15) is 0 Å². The number of hydrogen-bond acceptors (Lipinski definition) is 2. The fourth-order valence-electron chi connectivity index (χ4n) is 7.27. The van der Waals surface area contributed by atoms with Gasteiger partial charge in [-0.3, -0.25) is 0 Å². The minimum atomic E-state index is -0.401. The molecule has 2 aliphatic rings. The van der Waals surface area contributed by atoms with Crippen LogP contribution in [0.1, 0.15) is 47.2 Å². The number of aromatic nitrogens is 2. The topological polar surface area (TPSA) is 25.8 Å². The molecule has 2 nitrogen and oxygen atoms in total. The Bertz CT molecular complexity index is 1870. The van der Waals surface area contributed by atoms with Gasteiger partial charge < -0.3 is 0 Å². The molecule has 0 radical (unpaired) electrons. The van der Waals surface area contributed by atoms with Crippen LogP contribution in [0.2, 0.25) is 0 Å². The third-order valence-electron chi connectivity index (χ3n) is 9.08. The van der Waals surface area contributed by atoms with E-state index in [0.29, 0.717) is 0 Å². The molecule has 1 spiro atoms. The standard InChI is InChI=1S/C38H28N2/c1-37(2)30-16-8-10-18-32(30)38(33-19-11-9-17-31(33)37)29-15-7-6-14-27(29)28-21-20-26(24-34(28)38)36-23-22-35(39-40-36)25-12-4-3-5-13-25/h3-24H,1-2H3. The molecule has 2 heteroatoms. The van der Waals surface area contributed by atoms with E-state index in [-0.39, 0.29) is 5.41 Å². The van der Waals surface area contributed by atoms with E-state index in [2.05, 4.69) is 134 Å². The van der Waals surface area contributed by atoms with E-state index in [4.69, 9.17) is 5.10 Å². The molecule has 0 atom stereocenters. The van der Waals surface area contributed by atoms with Crippen LogP contribution >= 0.6 is 0 Å². The predicted molar refractivity (Wildman–Crippen MR) is 162 cm³/mol. The van der Waals surface area contributed by atoms with Crippen LogP contribution in [0.4, 0.5) is 0 Å². The molecule has 8 rings (SSSR count). The maximum atomic E-state index is 4.70. The average molecular weight is 513 g/mol. The highest BCUT2D eigenvalue weighted by atomic mass is 15.1. The lowest BCUT2D eigenvalue weighted by Crippen LogP contribution is -2.40. The van der Waals surface area contributed by atoms with Crippen molar-refractivity contribution in [3.05, 3.63) is 167 Å². The summed E-state index contributed by atoms with van der Waals surface area (Å²) in [5.41, 5.74) is 14.2. The summed E-state index contributed by atoms with van der Waals surface area (Å²) in [5.74, 6) is 0. The molecule has 0 amide bonds. The van der Waals surface area contributed by atoms with Crippen LogP contribution in [0.3, 0.4) is 0 Å². The summed E-state index contributed by atoms with van der Waals surface area (Å²) in [6.07, 6.45) is 0. The SMILES string of the molecule is CC1(C)c2ccccc2C2(c3ccccc3-c3ccc(-c4ccc(-c5ccccc5)nn4)cc32)c2ccccc21. The van der Waals surface area contributed by atoms with Gasteiger partial charge >= 0.3 is 0 Å². The van der Waals surface area contributed by atoms with E-state index in [1.165, 1.54) is 44.5 Å². The van der Waals surface area contributed by atoms with Crippen LogP contribution in [0.5, 0.6) is 0 Å². The van der Waals surface area contributed by atoms with Gasteiger partial charge in [0, 0.05) is 16.5 Å². The Hall–Kier alpha value is -4.82. The molecule has 5 aromatic carbocycles. The molecule has 6 aromatic rings. The Balaban J connectivity index is 1.40. The third kappa shape index (κ3) is 2.99. The Morgan fingerprint density at radius 3 is 1.52 bits per heavy atom. The molecule has 0 saturated carbocycles. The lowest BCUT2D eigenvalue weighted by Gasteiger charge is -2.46. The smallest absolute Gasteiger partial charge is 0.0930 e. The van der Waals surface area contributed by atoms with Crippen LogP contribution in [-0.4, -0.2) is 10.2 Å². The molecule has 0 unspecified atom stereocenters. The zero-order valence-corrected chi connectivity index (χ0v) is 22.6. The van der Waals surface area contributed by atoms with Crippen LogP contribution in [0.15, 0.2) is 133 Å². The summed E-state index contributed by atoms with van der Waals surface area (Å²) in [5, 5.41) is 9.30. The molecule has 0 fully saturated rings. The van der Waals surface area contributed by atoms with Gasteiger partial charge in [0.05, 0.1) is 16.8 Å². The normalized spacial score (nSPS) is 15.2. The minimum Gasteiger partial charge on any atom is -0.150 e. The number of benzene rings is 5. The van der Waals surface area contributed by atoms with Gasteiger partial charge in [0.2, 0.25) is 0 Å².